The van der Waals surface area contributed by atoms with Gasteiger partial charge in [-0.25, -0.2) is 4.79 Å². The van der Waals surface area contributed by atoms with Gasteiger partial charge in [0.15, 0.2) is 0 Å². The molecule has 0 aromatic heterocycles. The van der Waals surface area contributed by atoms with Crippen LogP contribution in [0.15, 0.2) is 0 Å². The number of hydrogen-bond acceptors (Lipinski definition) is 4. The van der Waals surface area contributed by atoms with Crippen molar-refractivity contribution in [3.05, 3.63) is 0 Å². The van der Waals surface area contributed by atoms with Crippen LogP contribution >= 0.6 is 0 Å². The first-order valence-corrected chi connectivity index (χ1v) is 4.33. The monoisotopic (exact) mass is 185 g/mol. The predicted molar refractivity (Wildman–Crippen MR) is 47.0 cm³/mol. The number of ether oxygens (including phenoxy) is 2. The average molecular weight is 185 g/mol. The molecule has 0 spiro atoms. The maximum atomic E-state index is 10.8. The number of unbranched alkanes of at least 4 members (excludes halogenated alkanes) is 1. The maximum absolute atomic E-state index is 10.8. The van der Waals surface area contributed by atoms with Crippen molar-refractivity contribution in [1.29, 1.82) is 5.26 Å². The standard InChI is InChI=1S/C9H15NO3/c1-8(2)7-13-9(11)12-6-4-3-5-10/h8H,3-4,6-7H2,1-2H3. The van der Waals surface area contributed by atoms with Crippen LogP contribution in [0.5, 0.6) is 0 Å². The van der Waals surface area contributed by atoms with Crippen LogP contribution in [0.1, 0.15) is 26.7 Å². The summed E-state index contributed by atoms with van der Waals surface area (Å²) in [7, 11) is 0. The minimum absolute atomic E-state index is 0.254. The maximum Gasteiger partial charge on any atom is 0.508 e. The van der Waals surface area contributed by atoms with Crippen LogP contribution in [0.3, 0.4) is 0 Å². The zero-order chi connectivity index (χ0) is 10.1. The van der Waals surface area contributed by atoms with E-state index >= 15 is 0 Å². The third-order valence-corrected chi connectivity index (χ3v) is 1.19. The molecule has 0 saturated heterocycles. The minimum atomic E-state index is -0.647. The Morgan fingerprint density at radius 1 is 1.46 bits per heavy atom. The van der Waals surface area contributed by atoms with Gasteiger partial charge in [0.2, 0.25) is 0 Å². The van der Waals surface area contributed by atoms with Crippen LogP contribution in [0.4, 0.5) is 4.79 Å². The van der Waals surface area contributed by atoms with Gasteiger partial charge in [-0.2, -0.15) is 5.26 Å². The lowest BCUT2D eigenvalue weighted by molar-refractivity contribution is 0.0471. The van der Waals surface area contributed by atoms with E-state index in [0.29, 0.717) is 25.4 Å². The second-order valence-electron chi connectivity index (χ2n) is 3.06. The van der Waals surface area contributed by atoms with Gasteiger partial charge in [-0.3, -0.25) is 0 Å². The van der Waals surface area contributed by atoms with Gasteiger partial charge in [0.25, 0.3) is 0 Å². The highest BCUT2D eigenvalue weighted by molar-refractivity contribution is 5.59. The Morgan fingerprint density at radius 2 is 2.15 bits per heavy atom. The lowest BCUT2D eigenvalue weighted by atomic mass is 10.2. The fourth-order valence-corrected chi connectivity index (χ4v) is 0.583. The van der Waals surface area contributed by atoms with Crippen LogP contribution in [-0.2, 0) is 9.47 Å². The highest BCUT2D eigenvalue weighted by Crippen LogP contribution is 1.96. The molecule has 0 aromatic rings. The molecule has 0 bridgehead atoms. The van der Waals surface area contributed by atoms with Gasteiger partial charge in [-0.15, -0.1) is 0 Å². The fourth-order valence-electron chi connectivity index (χ4n) is 0.583. The molecule has 0 radical (unpaired) electrons. The first-order chi connectivity index (χ1) is 6.16. The third-order valence-electron chi connectivity index (χ3n) is 1.19. The number of carbonyl (C=O) groups is 1. The van der Waals surface area contributed by atoms with Crippen LogP contribution in [-0.4, -0.2) is 19.4 Å². The summed E-state index contributed by atoms with van der Waals surface area (Å²) in [5, 5.41) is 8.19. The highest BCUT2D eigenvalue weighted by atomic mass is 16.7. The zero-order valence-electron chi connectivity index (χ0n) is 8.08. The number of carbonyl (C=O) groups excluding carboxylic acids is 1. The van der Waals surface area contributed by atoms with Crippen molar-refractivity contribution >= 4 is 6.16 Å². The Morgan fingerprint density at radius 3 is 2.69 bits per heavy atom. The first kappa shape index (κ1) is 11.8. The average Bonchev–Trinajstić information content (AvgIpc) is 2.09. The highest BCUT2D eigenvalue weighted by Gasteiger charge is 2.04. The van der Waals surface area contributed by atoms with Crippen molar-refractivity contribution in [2.45, 2.75) is 26.7 Å². The fraction of sp³-hybridized carbons (Fsp3) is 0.778. The summed E-state index contributed by atoms with van der Waals surface area (Å²) in [5.74, 6) is 0.312. The van der Waals surface area contributed by atoms with Crippen molar-refractivity contribution in [1.82, 2.24) is 0 Å². The molecule has 0 atom stereocenters. The molecule has 0 rings (SSSR count). The Hall–Kier alpha value is -1.24. The van der Waals surface area contributed by atoms with Gasteiger partial charge in [0.1, 0.15) is 0 Å². The Bertz CT molecular complexity index is 184. The zero-order valence-corrected chi connectivity index (χ0v) is 8.08. The number of nitrogens with zero attached hydrogens (tertiary/aromatic N) is 1. The third kappa shape index (κ3) is 8.67. The van der Waals surface area contributed by atoms with Crippen molar-refractivity contribution in [3.63, 3.8) is 0 Å². The Kier molecular flexibility index (Phi) is 6.70. The molecule has 0 saturated carbocycles. The molecule has 0 N–H and O–H groups in total. The van der Waals surface area contributed by atoms with E-state index in [9.17, 15) is 4.79 Å². The number of nitriles is 1. The molecular formula is C9H15NO3. The predicted octanol–water partition coefficient (Wildman–Crippen LogP) is 2.10. The van der Waals surface area contributed by atoms with Gasteiger partial charge >= 0.3 is 6.16 Å². The molecule has 0 aliphatic heterocycles. The molecule has 0 aromatic carbocycles. The summed E-state index contributed by atoms with van der Waals surface area (Å²) in [4.78, 5) is 10.8. The molecule has 0 unspecified atom stereocenters. The lowest BCUT2D eigenvalue weighted by Gasteiger charge is -2.06. The molecule has 74 valence electrons. The van der Waals surface area contributed by atoms with Gasteiger partial charge in [-0.1, -0.05) is 13.8 Å². The largest absolute Gasteiger partial charge is 0.508 e. The van der Waals surface area contributed by atoms with Crippen molar-refractivity contribution < 1.29 is 14.3 Å². The normalized spacial score (nSPS) is 9.38. The topological polar surface area (TPSA) is 59.3 Å². The molecule has 13 heavy (non-hydrogen) atoms. The van der Waals surface area contributed by atoms with Crippen molar-refractivity contribution in [2.24, 2.45) is 5.92 Å². The van der Waals surface area contributed by atoms with Gasteiger partial charge in [0, 0.05) is 6.42 Å². The number of rotatable bonds is 5. The quantitative estimate of drug-likeness (QED) is 0.486. The molecule has 0 aliphatic carbocycles. The Balaban J connectivity index is 3.26. The van der Waals surface area contributed by atoms with Crippen LogP contribution in [0.25, 0.3) is 0 Å². The van der Waals surface area contributed by atoms with E-state index in [1.165, 1.54) is 0 Å². The van der Waals surface area contributed by atoms with E-state index in [1.807, 2.05) is 19.9 Å². The molecule has 4 nitrogen and oxygen atoms in total. The van der Waals surface area contributed by atoms with Gasteiger partial charge in [-0.05, 0) is 12.3 Å². The SMILES string of the molecule is CC(C)COC(=O)OCCCC#N. The van der Waals surface area contributed by atoms with E-state index < -0.39 is 6.16 Å². The summed E-state index contributed by atoms with van der Waals surface area (Å²) < 4.78 is 9.42. The second kappa shape index (κ2) is 7.41. The van der Waals surface area contributed by atoms with Crippen molar-refractivity contribution in [2.75, 3.05) is 13.2 Å². The summed E-state index contributed by atoms with van der Waals surface area (Å²) in [6, 6.07) is 1.96. The molecule has 0 fully saturated rings. The molecule has 0 aliphatic rings. The van der Waals surface area contributed by atoms with E-state index in [0.717, 1.165) is 0 Å². The summed E-state index contributed by atoms with van der Waals surface area (Å²) in [6.07, 6.45) is 0.316. The number of hydrogen-bond donors (Lipinski definition) is 0. The van der Waals surface area contributed by atoms with Gasteiger partial charge < -0.3 is 9.47 Å². The summed E-state index contributed by atoms with van der Waals surface area (Å²) in [6.45, 7) is 4.52. The Labute approximate surface area is 78.4 Å². The van der Waals surface area contributed by atoms with Gasteiger partial charge in [0.05, 0.1) is 19.3 Å². The van der Waals surface area contributed by atoms with Crippen LogP contribution in [0, 0.1) is 17.2 Å². The van der Waals surface area contributed by atoms with E-state index in [4.69, 9.17) is 10.00 Å². The summed E-state index contributed by atoms with van der Waals surface area (Å²) >= 11 is 0. The van der Waals surface area contributed by atoms with Crippen LogP contribution < -0.4 is 0 Å². The molecular weight excluding hydrogens is 170 g/mol. The lowest BCUT2D eigenvalue weighted by Crippen LogP contribution is -2.12. The molecule has 0 amide bonds. The van der Waals surface area contributed by atoms with E-state index in [1.54, 1.807) is 0 Å². The minimum Gasteiger partial charge on any atom is -0.434 e. The first-order valence-electron chi connectivity index (χ1n) is 4.33. The smallest absolute Gasteiger partial charge is 0.434 e. The summed E-state index contributed by atoms with van der Waals surface area (Å²) in [5.41, 5.74) is 0. The molecule has 0 heterocycles. The second-order valence-corrected chi connectivity index (χ2v) is 3.06. The van der Waals surface area contributed by atoms with E-state index in [2.05, 4.69) is 4.74 Å². The molecule has 4 heteroatoms. The van der Waals surface area contributed by atoms with E-state index in [-0.39, 0.29) is 6.61 Å². The van der Waals surface area contributed by atoms with Crippen molar-refractivity contribution in [3.8, 4) is 6.07 Å². The van der Waals surface area contributed by atoms with Crippen LogP contribution in [0.2, 0.25) is 0 Å².